The molecule has 0 amide bonds. The molecule has 0 saturated heterocycles. The van der Waals surface area contributed by atoms with Crippen LogP contribution in [0.5, 0.6) is 0 Å². The van der Waals surface area contributed by atoms with Crippen molar-refractivity contribution in [1.29, 1.82) is 0 Å². The molecule has 4 nitrogen and oxygen atoms in total. The predicted molar refractivity (Wildman–Crippen MR) is 270 cm³/mol. The molecule has 0 unspecified atom stereocenters. The quantitative estimate of drug-likeness (QED) is 0.167. The van der Waals surface area contributed by atoms with E-state index in [1.165, 1.54) is 61.1 Å². The van der Waals surface area contributed by atoms with Crippen LogP contribution in [0.25, 0.3) is 78.3 Å². The van der Waals surface area contributed by atoms with E-state index in [1.807, 2.05) is 24.3 Å². The normalized spacial score (nSPS) is 12.9. The van der Waals surface area contributed by atoms with E-state index in [0.29, 0.717) is 17.5 Å². The van der Waals surface area contributed by atoms with Crippen LogP contribution < -0.4 is 4.90 Å². The summed E-state index contributed by atoms with van der Waals surface area (Å²) in [5.41, 5.74) is 18.0. The van der Waals surface area contributed by atoms with Crippen molar-refractivity contribution >= 4 is 27.8 Å². The summed E-state index contributed by atoms with van der Waals surface area (Å²) in [4.78, 5) is 17.6. The molecule has 1 aliphatic heterocycles. The zero-order valence-electron chi connectivity index (χ0n) is 35.9. The van der Waals surface area contributed by atoms with E-state index in [9.17, 15) is 0 Å². The lowest BCUT2D eigenvalue weighted by Crippen LogP contribution is -2.36. The van der Waals surface area contributed by atoms with Gasteiger partial charge in [0.15, 0.2) is 17.5 Å². The van der Waals surface area contributed by atoms with E-state index < -0.39 is 5.41 Å². The number of hydrogen-bond donors (Lipinski definition) is 0. The van der Waals surface area contributed by atoms with Crippen molar-refractivity contribution < 1.29 is 0 Å². The number of nitrogens with zero attached hydrogens (tertiary/aromatic N) is 4. The first-order chi connectivity index (χ1) is 32.7. The number of aromatic nitrogens is 3. The fourth-order valence-electron chi connectivity index (χ4n) is 10.6. The third kappa shape index (κ3) is 5.89. The van der Waals surface area contributed by atoms with Gasteiger partial charge in [0, 0.05) is 22.4 Å². The van der Waals surface area contributed by atoms with Crippen LogP contribution in [0.2, 0.25) is 0 Å². The molecule has 1 aliphatic carbocycles. The smallest absolute Gasteiger partial charge is 0.164 e. The summed E-state index contributed by atoms with van der Waals surface area (Å²) in [6.07, 6.45) is 0. The summed E-state index contributed by atoms with van der Waals surface area (Å²) in [6, 6.07) is 87.2. The minimum absolute atomic E-state index is 0.572. The van der Waals surface area contributed by atoms with Crippen molar-refractivity contribution in [2.75, 3.05) is 4.90 Å². The zero-order valence-corrected chi connectivity index (χ0v) is 35.9. The molecular formula is C62H40N4. The second-order valence-electron chi connectivity index (χ2n) is 17.1. The van der Waals surface area contributed by atoms with Crippen LogP contribution in [0, 0.1) is 0 Å². The van der Waals surface area contributed by atoms with Crippen LogP contribution in [0.1, 0.15) is 22.3 Å². The second kappa shape index (κ2) is 15.2. The van der Waals surface area contributed by atoms with E-state index in [0.717, 1.165) is 39.1 Å². The molecule has 0 N–H and O–H groups in total. The van der Waals surface area contributed by atoms with Gasteiger partial charge in [-0.25, -0.2) is 15.0 Å². The number of benzene rings is 10. The lowest BCUT2D eigenvalue weighted by molar-refractivity contribution is 0.753. The highest BCUT2D eigenvalue weighted by Crippen LogP contribution is 2.64. The van der Waals surface area contributed by atoms with E-state index >= 15 is 0 Å². The maximum absolute atomic E-state index is 5.10. The van der Waals surface area contributed by atoms with Gasteiger partial charge in [-0.3, -0.25) is 0 Å². The van der Waals surface area contributed by atoms with Crippen molar-refractivity contribution in [3.63, 3.8) is 0 Å². The summed E-state index contributed by atoms with van der Waals surface area (Å²) in [5.74, 6) is 1.91. The summed E-state index contributed by atoms with van der Waals surface area (Å²) in [6.45, 7) is 0. The molecule has 0 bridgehead atoms. The van der Waals surface area contributed by atoms with E-state index in [2.05, 4.69) is 223 Å². The summed E-state index contributed by atoms with van der Waals surface area (Å²) < 4.78 is 0. The molecule has 13 rings (SSSR count). The summed E-state index contributed by atoms with van der Waals surface area (Å²) in [7, 11) is 0. The van der Waals surface area contributed by atoms with Crippen molar-refractivity contribution in [3.8, 4) is 67.5 Å². The van der Waals surface area contributed by atoms with Crippen LogP contribution >= 0.6 is 0 Å². The Bertz CT molecular complexity index is 3580. The largest absolute Gasteiger partial charge is 0.310 e. The first kappa shape index (κ1) is 37.8. The van der Waals surface area contributed by atoms with Crippen LogP contribution in [0.4, 0.5) is 17.1 Å². The highest BCUT2D eigenvalue weighted by molar-refractivity contribution is 6.06. The zero-order chi connectivity index (χ0) is 43.6. The van der Waals surface area contributed by atoms with Crippen molar-refractivity contribution in [1.82, 2.24) is 15.0 Å². The van der Waals surface area contributed by atoms with Gasteiger partial charge >= 0.3 is 0 Å². The monoisotopic (exact) mass is 840 g/mol. The Kier molecular flexibility index (Phi) is 8.72. The first-order valence-electron chi connectivity index (χ1n) is 22.5. The average molecular weight is 841 g/mol. The third-order valence-electron chi connectivity index (χ3n) is 13.5. The van der Waals surface area contributed by atoms with Gasteiger partial charge in [-0.2, -0.15) is 0 Å². The Morgan fingerprint density at radius 2 is 0.742 bits per heavy atom. The minimum Gasteiger partial charge on any atom is -0.310 e. The fourth-order valence-corrected chi connectivity index (χ4v) is 10.6. The molecular weight excluding hydrogens is 801 g/mol. The molecule has 11 aromatic rings. The number of rotatable bonds is 6. The Hall–Kier alpha value is -8.73. The minimum atomic E-state index is -0.572. The number of hydrogen-bond acceptors (Lipinski definition) is 4. The standard InChI is InChI=1S/C62H40N4/c1-4-16-41(17-5-1)42-28-32-46(33-29-42)60-63-59(45-19-6-2-7-20-45)64-61(65-60)47-34-30-43(31-35-47)48-36-38-51-55(40-48)62(54-39-37-44-18-10-11-23-50(44)58(51)54)52-24-12-14-26-56(52)66(49-21-8-3-9-22-49)57-27-15-13-25-53(57)62/h1-40H. The van der Waals surface area contributed by atoms with Crippen LogP contribution in [0.3, 0.4) is 0 Å². The molecule has 0 radical (unpaired) electrons. The molecule has 308 valence electrons. The maximum Gasteiger partial charge on any atom is 0.164 e. The third-order valence-corrected chi connectivity index (χ3v) is 13.5. The van der Waals surface area contributed by atoms with E-state index in [-0.39, 0.29) is 0 Å². The molecule has 1 aromatic heterocycles. The number of fused-ring (bicyclic) bond motifs is 11. The van der Waals surface area contributed by atoms with Crippen molar-refractivity contribution in [3.05, 3.63) is 265 Å². The number of anilines is 3. The van der Waals surface area contributed by atoms with Crippen LogP contribution in [-0.4, -0.2) is 15.0 Å². The van der Waals surface area contributed by atoms with E-state index in [1.54, 1.807) is 0 Å². The fraction of sp³-hybridized carbons (Fsp3) is 0.0161. The predicted octanol–water partition coefficient (Wildman–Crippen LogP) is 15.5. The van der Waals surface area contributed by atoms with Gasteiger partial charge in [-0.1, -0.05) is 212 Å². The molecule has 2 aliphatic rings. The van der Waals surface area contributed by atoms with Gasteiger partial charge in [-0.05, 0) is 96.7 Å². The Morgan fingerprint density at radius 3 is 1.35 bits per heavy atom. The Labute approximate surface area is 383 Å². The van der Waals surface area contributed by atoms with Gasteiger partial charge in [0.05, 0.1) is 16.8 Å². The van der Waals surface area contributed by atoms with Crippen molar-refractivity contribution in [2.45, 2.75) is 5.41 Å². The molecule has 0 atom stereocenters. The molecule has 2 heterocycles. The number of para-hydroxylation sites is 3. The molecule has 0 fully saturated rings. The maximum atomic E-state index is 5.10. The molecule has 4 heteroatoms. The van der Waals surface area contributed by atoms with Gasteiger partial charge in [-0.15, -0.1) is 0 Å². The van der Waals surface area contributed by atoms with Gasteiger partial charge in [0.2, 0.25) is 0 Å². The lowest BCUT2D eigenvalue weighted by atomic mass is 9.64. The first-order valence-corrected chi connectivity index (χ1v) is 22.5. The topological polar surface area (TPSA) is 41.9 Å². The summed E-state index contributed by atoms with van der Waals surface area (Å²) >= 11 is 0. The molecule has 66 heavy (non-hydrogen) atoms. The lowest BCUT2D eigenvalue weighted by Gasteiger charge is -2.45. The Morgan fingerprint density at radius 1 is 0.303 bits per heavy atom. The second-order valence-corrected chi connectivity index (χ2v) is 17.1. The van der Waals surface area contributed by atoms with Crippen molar-refractivity contribution in [2.24, 2.45) is 0 Å². The highest BCUT2D eigenvalue weighted by atomic mass is 15.2. The SMILES string of the molecule is c1ccc(-c2ccc(-c3nc(-c4ccccc4)nc(-c4ccc(-c5ccc6c(c5)C5(c7ccccc7N(c7ccccc7)c7ccccc75)c5ccc7ccccc7c5-6)cc4)n3)cc2)cc1. The van der Waals surface area contributed by atoms with Crippen LogP contribution in [-0.2, 0) is 5.41 Å². The highest BCUT2D eigenvalue weighted by Gasteiger charge is 2.52. The Balaban J connectivity index is 0.958. The molecule has 1 spiro atoms. The van der Waals surface area contributed by atoms with E-state index in [4.69, 9.17) is 15.0 Å². The van der Waals surface area contributed by atoms with Crippen LogP contribution in [0.15, 0.2) is 243 Å². The van der Waals surface area contributed by atoms with Gasteiger partial charge < -0.3 is 4.90 Å². The van der Waals surface area contributed by atoms with Gasteiger partial charge in [0.25, 0.3) is 0 Å². The molecule has 0 saturated carbocycles. The van der Waals surface area contributed by atoms with Gasteiger partial charge in [0.1, 0.15) is 0 Å². The summed E-state index contributed by atoms with van der Waals surface area (Å²) in [5, 5.41) is 2.51. The average Bonchev–Trinajstić information content (AvgIpc) is 3.70. The molecule has 10 aromatic carbocycles.